The number of hydrogen-bond donors (Lipinski definition) is 1. The molecule has 4 aromatic rings. The lowest BCUT2D eigenvalue weighted by atomic mass is 9.92. The van der Waals surface area contributed by atoms with Crippen LogP contribution in [0.3, 0.4) is 0 Å². The number of benzene rings is 3. The first-order chi connectivity index (χ1) is 13.3. The largest absolute Gasteiger partial charge is 0.456 e. The molecule has 2 heterocycles. The molecule has 3 aromatic carbocycles. The van der Waals surface area contributed by atoms with E-state index in [4.69, 9.17) is 4.74 Å². The highest BCUT2D eigenvalue weighted by atomic mass is 16.5. The molecule has 2 aliphatic rings. The quantitative estimate of drug-likeness (QED) is 0.365. The second-order valence-corrected chi connectivity index (χ2v) is 7.54. The van der Waals surface area contributed by atoms with E-state index < -0.39 is 0 Å². The van der Waals surface area contributed by atoms with Crippen molar-refractivity contribution in [1.29, 1.82) is 0 Å². The van der Waals surface area contributed by atoms with Gasteiger partial charge >= 0.3 is 0 Å². The van der Waals surface area contributed by atoms with Crippen molar-refractivity contribution in [3.05, 3.63) is 84.3 Å². The van der Waals surface area contributed by atoms with Crippen LogP contribution < -0.4 is 4.74 Å². The molecule has 2 heteroatoms. The van der Waals surface area contributed by atoms with E-state index in [1.807, 2.05) is 6.07 Å². The van der Waals surface area contributed by atoms with Gasteiger partial charge in [-0.3, -0.25) is 0 Å². The minimum atomic E-state index is 0. The van der Waals surface area contributed by atoms with Crippen molar-refractivity contribution < 1.29 is 6.16 Å². The van der Waals surface area contributed by atoms with Crippen LogP contribution in [-0.4, -0.2) is 4.98 Å². The summed E-state index contributed by atoms with van der Waals surface area (Å²) in [6.45, 7) is 2.24. The van der Waals surface area contributed by atoms with Gasteiger partial charge in [0.1, 0.15) is 11.5 Å². The van der Waals surface area contributed by atoms with Crippen molar-refractivity contribution in [1.82, 2.24) is 4.98 Å². The summed E-state index contributed by atoms with van der Waals surface area (Å²) in [6.07, 6.45) is 5.61. The molecular formula is C25H21NO. The molecule has 0 amide bonds. The zero-order valence-corrected chi connectivity index (χ0v) is 15.1. The first kappa shape index (κ1) is 14.9. The van der Waals surface area contributed by atoms with Crippen molar-refractivity contribution in [3.63, 3.8) is 0 Å². The SMILES string of the molecule is CC1C=C2Oc3ccccc3-c3c([nH]c4c3ccc3ccccc34)C2=CC1.[HH]. The lowest BCUT2D eigenvalue weighted by Gasteiger charge is -2.18. The number of fused-ring (bicyclic) bond motifs is 9. The molecule has 6 rings (SSSR count). The monoisotopic (exact) mass is 351 g/mol. The molecule has 0 fully saturated rings. The molecule has 1 aliphatic heterocycles. The molecule has 1 unspecified atom stereocenters. The van der Waals surface area contributed by atoms with Gasteiger partial charge in [-0.1, -0.05) is 67.6 Å². The average Bonchev–Trinajstić information content (AvgIpc) is 3.02. The van der Waals surface area contributed by atoms with E-state index >= 15 is 0 Å². The zero-order valence-electron chi connectivity index (χ0n) is 15.1. The van der Waals surface area contributed by atoms with Gasteiger partial charge in [0.15, 0.2) is 0 Å². The van der Waals surface area contributed by atoms with E-state index in [-0.39, 0.29) is 1.43 Å². The van der Waals surface area contributed by atoms with Crippen LogP contribution in [0.4, 0.5) is 0 Å². The van der Waals surface area contributed by atoms with Gasteiger partial charge in [-0.25, -0.2) is 0 Å². The molecule has 1 aliphatic carbocycles. The predicted octanol–water partition coefficient (Wildman–Crippen LogP) is 6.93. The summed E-state index contributed by atoms with van der Waals surface area (Å²) >= 11 is 0. The minimum Gasteiger partial charge on any atom is -0.456 e. The van der Waals surface area contributed by atoms with E-state index in [0.29, 0.717) is 5.92 Å². The van der Waals surface area contributed by atoms with E-state index in [9.17, 15) is 0 Å². The summed E-state index contributed by atoms with van der Waals surface area (Å²) in [5, 5.41) is 3.77. The van der Waals surface area contributed by atoms with Crippen molar-refractivity contribution in [2.45, 2.75) is 13.3 Å². The Morgan fingerprint density at radius 2 is 1.81 bits per heavy atom. The minimum absolute atomic E-state index is 0. The number of para-hydroxylation sites is 1. The Kier molecular flexibility index (Phi) is 2.96. The number of rotatable bonds is 0. The summed E-state index contributed by atoms with van der Waals surface area (Å²) in [7, 11) is 0. The molecule has 0 spiro atoms. The van der Waals surface area contributed by atoms with Crippen LogP contribution in [0.1, 0.15) is 20.5 Å². The number of hydrogen-bond acceptors (Lipinski definition) is 1. The topological polar surface area (TPSA) is 25.0 Å². The zero-order chi connectivity index (χ0) is 18.0. The lowest BCUT2D eigenvalue weighted by molar-refractivity contribution is 0.441. The number of H-pyrrole nitrogens is 1. The van der Waals surface area contributed by atoms with Crippen LogP contribution in [0.2, 0.25) is 0 Å². The Morgan fingerprint density at radius 1 is 0.963 bits per heavy atom. The van der Waals surface area contributed by atoms with E-state index in [1.54, 1.807) is 0 Å². The Bertz CT molecular complexity index is 1290. The van der Waals surface area contributed by atoms with Gasteiger partial charge < -0.3 is 9.72 Å². The normalized spacial score (nSPS) is 18.0. The highest BCUT2D eigenvalue weighted by Crippen LogP contribution is 2.48. The summed E-state index contributed by atoms with van der Waals surface area (Å²) < 4.78 is 6.38. The van der Waals surface area contributed by atoms with Crippen LogP contribution >= 0.6 is 0 Å². The third-order valence-corrected chi connectivity index (χ3v) is 5.74. The highest BCUT2D eigenvalue weighted by molar-refractivity contribution is 6.14. The fourth-order valence-electron chi connectivity index (χ4n) is 4.43. The molecule has 27 heavy (non-hydrogen) atoms. The Hall–Kier alpha value is -3.26. The first-order valence-corrected chi connectivity index (χ1v) is 9.53. The molecule has 0 radical (unpaired) electrons. The number of aromatic nitrogens is 1. The third-order valence-electron chi connectivity index (χ3n) is 5.74. The molecule has 2 nitrogen and oxygen atoms in total. The molecule has 0 bridgehead atoms. The molecule has 1 aromatic heterocycles. The first-order valence-electron chi connectivity index (χ1n) is 9.53. The van der Waals surface area contributed by atoms with Gasteiger partial charge in [-0.2, -0.15) is 0 Å². The third kappa shape index (κ3) is 2.07. The van der Waals surface area contributed by atoms with Crippen LogP contribution in [-0.2, 0) is 0 Å². The predicted molar refractivity (Wildman–Crippen MR) is 114 cm³/mol. The maximum absolute atomic E-state index is 6.38. The van der Waals surface area contributed by atoms with Crippen LogP contribution in [0.15, 0.2) is 78.6 Å². The second kappa shape index (κ2) is 5.37. The smallest absolute Gasteiger partial charge is 0.135 e. The van der Waals surface area contributed by atoms with Crippen molar-refractivity contribution >= 4 is 27.2 Å². The second-order valence-electron chi connectivity index (χ2n) is 7.54. The number of ether oxygens (including phenoxy) is 1. The molecular weight excluding hydrogens is 330 g/mol. The van der Waals surface area contributed by atoms with E-state index in [1.165, 1.54) is 38.5 Å². The number of aromatic amines is 1. The van der Waals surface area contributed by atoms with Crippen LogP contribution in [0.25, 0.3) is 38.4 Å². The summed E-state index contributed by atoms with van der Waals surface area (Å²) in [5.41, 5.74) is 5.95. The van der Waals surface area contributed by atoms with E-state index in [2.05, 4.69) is 78.7 Å². The van der Waals surface area contributed by atoms with Crippen LogP contribution in [0.5, 0.6) is 5.75 Å². The lowest BCUT2D eigenvalue weighted by Crippen LogP contribution is -2.05. The maximum Gasteiger partial charge on any atom is 0.135 e. The molecule has 1 atom stereocenters. The van der Waals surface area contributed by atoms with Crippen molar-refractivity contribution in [2.24, 2.45) is 5.92 Å². The number of allylic oxidation sites excluding steroid dienone is 3. The fraction of sp³-hybridized carbons (Fsp3) is 0.120. The van der Waals surface area contributed by atoms with Gasteiger partial charge in [0, 0.05) is 28.9 Å². The van der Waals surface area contributed by atoms with E-state index in [0.717, 1.165) is 23.5 Å². The Balaban J connectivity index is 0.00000171. The Labute approximate surface area is 159 Å². The molecule has 0 saturated heterocycles. The van der Waals surface area contributed by atoms with Gasteiger partial charge in [0.25, 0.3) is 0 Å². The highest BCUT2D eigenvalue weighted by Gasteiger charge is 2.28. The van der Waals surface area contributed by atoms with Crippen LogP contribution in [0, 0.1) is 5.92 Å². The van der Waals surface area contributed by atoms with Gasteiger partial charge in [0.2, 0.25) is 0 Å². The maximum atomic E-state index is 6.38. The van der Waals surface area contributed by atoms with Crippen molar-refractivity contribution in [2.75, 3.05) is 0 Å². The van der Waals surface area contributed by atoms with Gasteiger partial charge in [-0.05, 0) is 29.9 Å². The van der Waals surface area contributed by atoms with Gasteiger partial charge in [-0.15, -0.1) is 0 Å². The average molecular weight is 351 g/mol. The fourth-order valence-corrected chi connectivity index (χ4v) is 4.43. The van der Waals surface area contributed by atoms with Gasteiger partial charge in [0.05, 0.1) is 11.2 Å². The molecule has 0 saturated carbocycles. The molecule has 1 N–H and O–H groups in total. The van der Waals surface area contributed by atoms with Crippen molar-refractivity contribution in [3.8, 4) is 16.9 Å². The summed E-state index contributed by atoms with van der Waals surface area (Å²) in [5.74, 6) is 2.38. The Morgan fingerprint density at radius 3 is 2.78 bits per heavy atom. The number of nitrogens with one attached hydrogen (secondary N) is 1. The summed E-state index contributed by atoms with van der Waals surface area (Å²) in [6, 6.07) is 21.4. The molecule has 132 valence electrons. The summed E-state index contributed by atoms with van der Waals surface area (Å²) in [4.78, 5) is 3.76. The standard InChI is InChI=1S/C25H19NO.H2/c1-15-10-12-19-22(14-15)27-21-9-5-4-8-18(21)23-20-13-11-16-6-2-3-7-17(16)24(20)26-25(19)23;/h2-9,11-15,26H,10H2,1H3;1H.